The lowest BCUT2D eigenvalue weighted by atomic mass is 9.94. The van der Waals surface area contributed by atoms with E-state index in [4.69, 9.17) is 4.74 Å². The number of ether oxygens (including phenoxy) is 1. The summed E-state index contributed by atoms with van der Waals surface area (Å²) in [5.41, 5.74) is 1.72. The third-order valence-electron chi connectivity index (χ3n) is 3.15. The maximum Gasteiger partial charge on any atom is 0.133 e. The minimum absolute atomic E-state index is 0.0681. The van der Waals surface area contributed by atoms with E-state index in [1.165, 1.54) is 0 Å². The number of hydrogen-bond donors (Lipinski definition) is 1. The second-order valence-electron chi connectivity index (χ2n) is 4.38. The van der Waals surface area contributed by atoms with Crippen molar-refractivity contribution in [3.05, 3.63) is 58.3 Å². The van der Waals surface area contributed by atoms with Crippen molar-refractivity contribution in [2.45, 2.75) is 18.9 Å². The summed E-state index contributed by atoms with van der Waals surface area (Å²) in [4.78, 5) is 4.28. The van der Waals surface area contributed by atoms with Gasteiger partial charge < -0.3 is 9.84 Å². The van der Waals surface area contributed by atoms with E-state index >= 15 is 0 Å². The van der Waals surface area contributed by atoms with E-state index in [0.717, 1.165) is 21.5 Å². The van der Waals surface area contributed by atoms with Gasteiger partial charge in [-0.05, 0) is 45.8 Å². The van der Waals surface area contributed by atoms with Crippen molar-refractivity contribution < 1.29 is 9.84 Å². The summed E-state index contributed by atoms with van der Waals surface area (Å²) in [6, 6.07) is 11.3. The maximum atomic E-state index is 10.4. The summed E-state index contributed by atoms with van der Waals surface area (Å²) in [5, 5.41) is 10.4. The third kappa shape index (κ3) is 3.14. The molecule has 4 heteroatoms. The SMILES string of the molecule is COc1ccc(C(O)C(C)c2ccccn2)cc1Br. The van der Waals surface area contributed by atoms with Crippen LogP contribution in [-0.4, -0.2) is 17.2 Å². The summed E-state index contributed by atoms with van der Waals surface area (Å²) in [6.45, 7) is 1.96. The number of pyridine rings is 1. The topological polar surface area (TPSA) is 42.4 Å². The Balaban J connectivity index is 2.24. The van der Waals surface area contributed by atoms with Crippen molar-refractivity contribution in [3.63, 3.8) is 0 Å². The number of aromatic nitrogens is 1. The van der Waals surface area contributed by atoms with Crippen LogP contribution >= 0.6 is 15.9 Å². The molecule has 0 aliphatic rings. The van der Waals surface area contributed by atoms with Crippen LogP contribution in [0.1, 0.15) is 30.2 Å². The molecule has 0 radical (unpaired) electrons. The number of hydrogen-bond acceptors (Lipinski definition) is 3. The highest BCUT2D eigenvalue weighted by Gasteiger charge is 2.20. The van der Waals surface area contributed by atoms with Crippen LogP contribution < -0.4 is 4.74 Å². The van der Waals surface area contributed by atoms with E-state index in [9.17, 15) is 5.11 Å². The Kier molecular flexibility index (Phi) is 4.56. The highest BCUT2D eigenvalue weighted by molar-refractivity contribution is 9.10. The Hall–Kier alpha value is -1.39. The van der Waals surface area contributed by atoms with Crippen LogP contribution in [-0.2, 0) is 0 Å². The molecule has 2 atom stereocenters. The number of benzene rings is 1. The molecule has 0 spiro atoms. The van der Waals surface area contributed by atoms with Crippen LogP contribution in [0.5, 0.6) is 5.75 Å². The average molecular weight is 322 g/mol. The van der Waals surface area contributed by atoms with E-state index in [1.54, 1.807) is 13.3 Å². The maximum absolute atomic E-state index is 10.4. The van der Waals surface area contributed by atoms with Crippen molar-refractivity contribution in [1.82, 2.24) is 4.98 Å². The molecule has 0 bridgehead atoms. The average Bonchev–Trinajstić information content (AvgIpc) is 2.46. The summed E-state index contributed by atoms with van der Waals surface area (Å²) in [7, 11) is 1.62. The van der Waals surface area contributed by atoms with Gasteiger partial charge in [-0.3, -0.25) is 4.98 Å². The lowest BCUT2D eigenvalue weighted by Gasteiger charge is -2.19. The Labute approximate surface area is 121 Å². The monoisotopic (exact) mass is 321 g/mol. The molecular weight excluding hydrogens is 306 g/mol. The zero-order valence-electron chi connectivity index (χ0n) is 10.9. The van der Waals surface area contributed by atoms with Gasteiger partial charge in [0.1, 0.15) is 5.75 Å². The lowest BCUT2D eigenvalue weighted by molar-refractivity contribution is 0.150. The standard InChI is InChI=1S/C15H16BrNO2/c1-10(13-5-3-4-8-17-13)15(18)11-6-7-14(19-2)12(16)9-11/h3-10,15,18H,1-2H3. The highest BCUT2D eigenvalue weighted by atomic mass is 79.9. The number of methoxy groups -OCH3 is 1. The van der Waals surface area contributed by atoms with Crippen LogP contribution in [0.3, 0.4) is 0 Å². The first-order valence-electron chi connectivity index (χ1n) is 6.06. The van der Waals surface area contributed by atoms with Crippen molar-refractivity contribution in [1.29, 1.82) is 0 Å². The van der Waals surface area contributed by atoms with Gasteiger partial charge in [0.2, 0.25) is 0 Å². The molecule has 0 aliphatic heterocycles. The number of halogens is 1. The molecule has 3 nitrogen and oxygen atoms in total. The van der Waals surface area contributed by atoms with E-state index < -0.39 is 6.10 Å². The summed E-state index contributed by atoms with van der Waals surface area (Å²) >= 11 is 3.43. The molecule has 1 N–H and O–H groups in total. The fourth-order valence-electron chi connectivity index (χ4n) is 1.96. The van der Waals surface area contributed by atoms with Gasteiger partial charge in [-0.25, -0.2) is 0 Å². The fourth-order valence-corrected chi connectivity index (χ4v) is 2.52. The normalized spacial score (nSPS) is 13.9. The molecule has 0 saturated carbocycles. The Morgan fingerprint density at radius 3 is 2.63 bits per heavy atom. The highest BCUT2D eigenvalue weighted by Crippen LogP contribution is 2.33. The first-order chi connectivity index (χ1) is 9.13. The summed E-state index contributed by atoms with van der Waals surface area (Å²) in [5.74, 6) is 0.683. The molecule has 0 aliphatic carbocycles. The van der Waals surface area contributed by atoms with Crippen LogP contribution in [0.25, 0.3) is 0 Å². The van der Waals surface area contributed by atoms with Crippen LogP contribution in [0.15, 0.2) is 47.1 Å². The number of aliphatic hydroxyl groups is 1. The third-order valence-corrected chi connectivity index (χ3v) is 3.76. The Morgan fingerprint density at radius 2 is 2.05 bits per heavy atom. The minimum Gasteiger partial charge on any atom is -0.496 e. The molecule has 2 rings (SSSR count). The van der Waals surface area contributed by atoms with Crippen molar-refractivity contribution in [2.24, 2.45) is 0 Å². The van der Waals surface area contributed by atoms with E-state index in [1.807, 2.05) is 43.3 Å². The smallest absolute Gasteiger partial charge is 0.133 e. The molecule has 100 valence electrons. The largest absolute Gasteiger partial charge is 0.496 e. The van der Waals surface area contributed by atoms with Crippen LogP contribution in [0.4, 0.5) is 0 Å². The van der Waals surface area contributed by atoms with E-state index in [-0.39, 0.29) is 5.92 Å². The van der Waals surface area contributed by atoms with Gasteiger partial charge >= 0.3 is 0 Å². The molecule has 2 aromatic rings. The number of nitrogens with zero attached hydrogens (tertiary/aromatic N) is 1. The molecular formula is C15H16BrNO2. The van der Waals surface area contributed by atoms with Gasteiger partial charge in [-0.15, -0.1) is 0 Å². The second kappa shape index (κ2) is 6.17. The lowest BCUT2D eigenvalue weighted by Crippen LogP contribution is -2.09. The predicted octanol–water partition coefficient (Wildman–Crippen LogP) is 3.69. The van der Waals surface area contributed by atoms with Gasteiger partial charge in [-0.2, -0.15) is 0 Å². The summed E-state index contributed by atoms with van der Waals surface area (Å²) < 4.78 is 6.02. The van der Waals surface area contributed by atoms with Gasteiger partial charge in [0.15, 0.2) is 0 Å². The molecule has 0 saturated heterocycles. The first kappa shape index (κ1) is 14.0. The predicted molar refractivity (Wildman–Crippen MR) is 78.3 cm³/mol. The van der Waals surface area contributed by atoms with E-state index in [2.05, 4.69) is 20.9 Å². The molecule has 1 heterocycles. The van der Waals surface area contributed by atoms with Crippen molar-refractivity contribution in [3.8, 4) is 5.75 Å². The van der Waals surface area contributed by atoms with Crippen LogP contribution in [0.2, 0.25) is 0 Å². The molecule has 0 amide bonds. The van der Waals surface area contributed by atoms with Gasteiger partial charge in [0, 0.05) is 17.8 Å². The van der Waals surface area contributed by atoms with Gasteiger partial charge in [-0.1, -0.05) is 19.1 Å². The zero-order valence-corrected chi connectivity index (χ0v) is 12.5. The van der Waals surface area contributed by atoms with Gasteiger partial charge in [0.25, 0.3) is 0 Å². The number of aliphatic hydroxyl groups excluding tert-OH is 1. The van der Waals surface area contributed by atoms with Crippen LogP contribution in [0, 0.1) is 0 Å². The fraction of sp³-hybridized carbons (Fsp3) is 0.267. The molecule has 19 heavy (non-hydrogen) atoms. The summed E-state index contributed by atoms with van der Waals surface area (Å²) in [6.07, 6.45) is 1.14. The first-order valence-corrected chi connectivity index (χ1v) is 6.85. The van der Waals surface area contributed by atoms with Crippen molar-refractivity contribution >= 4 is 15.9 Å². The Bertz CT molecular complexity index is 545. The van der Waals surface area contributed by atoms with Gasteiger partial charge in [0.05, 0.1) is 17.7 Å². The molecule has 2 unspecified atom stereocenters. The van der Waals surface area contributed by atoms with E-state index in [0.29, 0.717) is 0 Å². The van der Waals surface area contributed by atoms with Crippen molar-refractivity contribution in [2.75, 3.05) is 7.11 Å². The quantitative estimate of drug-likeness (QED) is 0.933. The second-order valence-corrected chi connectivity index (χ2v) is 5.24. The molecule has 1 aromatic carbocycles. The number of rotatable bonds is 4. The Morgan fingerprint density at radius 1 is 1.26 bits per heavy atom. The minimum atomic E-state index is -0.600. The molecule has 0 fully saturated rings. The zero-order chi connectivity index (χ0) is 13.8. The molecule has 1 aromatic heterocycles.